The van der Waals surface area contributed by atoms with Gasteiger partial charge in [0.1, 0.15) is 0 Å². The topological polar surface area (TPSA) is 78.5 Å². The molecule has 2 fully saturated rings. The van der Waals surface area contributed by atoms with Gasteiger partial charge in [0.2, 0.25) is 17.7 Å². The summed E-state index contributed by atoms with van der Waals surface area (Å²) in [4.78, 5) is 36.7. The molecular weight excluding hydrogens is 246 g/mol. The first kappa shape index (κ1) is 14.0. The van der Waals surface area contributed by atoms with Crippen LogP contribution < -0.4 is 10.6 Å². The normalized spacial score (nSPS) is 24.7. The summed E-state index contributed by atoms with van der Waals surface area (Å²) in [5.74, 6) is -0.470. The van der Waals surface area contributed by atoms with Gasteiger partial charge in [-0.1, -0.05) is 6.92 Å². The summed E-state index contributed by atoms with van der Waals surface area (Å²) >= 11 is 0. The van der Waals surface area contributed by atoms with Crippen molar-refractivity contribution in [2.45, 2.75) is 57.7 Å². The van der Waals surface area contributed by atoms with Crippen LogP contribution in [0.25, 0.3) is 0 Å². The average Bonchev–Trinajstić information content (AvgIpc) is 3.12. The molecule has 1 saturated carbocycles. The second-order valence-corrected chi connectivity index (χ2v) is 5.34. The molecular formula is C13H21N3O3. The molecule has 1 saturated heterocycles. The zero-order valence-electron chi connectivity index (χ0n) is 11.4. The zero-order valence-corrected chi connectivity index (χ0v) is 11.4. The second kappa shape index (κ2) is 5.69. The molecule has 0 radical (unpaired) electrons. The standard InChI is InChI=1S/C13H21N3O3/c1-3-8(2)16-12(18)6-10(13(16)19)14-7-11(17)15-9-4-5-9/h8-10,14H,3-7H2,1-2H3,(H,15,17). The SMILES string of the molecule is CCC(C)N1C(=O)CC(NCC(=O)NC2CC2)C1=O. The lowest BCUT2D eigenvalue weighted by atomic mass is 10.2. The first-order valence-corrected chi connectivity index (χ1v) is 6.91. The van der Waals surface area contributed by atoms with Crippen LogP contribution in [-0.2, 0) is 14.4 Å². The van der Waals surface area contributed by atoms with Gasteiger partial charge >= 0.3 is 0 Å². The number of nitrogens with one attached hydrogen (secondary N) is 2. The minimum Gasteiger partial charge on any atom is -0.352 e. The quantitative estimate of drug-likeness (QED) is 0.652. The number of likely N-dealkylation sites (tertiary alicyclic amines) is 1. The van der Waals surface area contributed by atoms with Gasteiger partial charge < -0.3 is 5.32 Å². The highest BCUT2D eigenvalue weighted by atomic mass is 16.2. The number of rotatable bonds is 6. The number of carbonyl (C=O) groups excluding carboxylic acids is 3. The molecule has 1 aliphatic heterocycles. The van der Waals surface area contributed by atoms with E-state index in [1.54, 1.807) is 0 Å². The molecule has 0 aromatic carbocycles. The number of imide groups is 1. The van der Waals surface area contributed by atoms with Crippen molar-refractivity contribution in [3.05, 3.63) is 0 Å². The van der Waals surface area contributed by atoms with Crippen LogP contribution in [0.3, 0.4) is 0 Å². The van der Waals surface area contributed by atoms with Gasteiger partial charge in [-0.05, 0) is 26.2 Å². The number of hydrogen-bond acceptors (Lipinski definition) is 4. The molecule has 0 spiro atoms. The highest BCUT2D eigenvalue weighted by molar-refractivity contribution is 6.06. The lowest BCUT2D eigenvalue weighted by Gasteiger charge is -2.21. The molecule has 0 aromatic rings. The summed E-state index contributed by atoms with van der Waals surface area (Å²) in [6.45, 7) is 3.89. The van der Waals surface area contributed by atoms with Crippen LogP contribution >= 0.6 is 0 Å². The van der Waals surface area contributed by atoms with Crippen LogP contribution in [0.1, 0.15) is 39.5 Å². The molecule has 2 aliphatic rings. The summed E-state index contributed by atoms with van der Waals surface area (Å²) in [6, 6.07) is -0.314. The van der Waals surface area contributed by atoms with E-state index in [9.17, 15) is 14.4 Å². The van der Waals surface area contributed by atoms with E-state index in [2.05, 4.69) is 10.6 Å². The van der Waals surface area contributed by atoms with Crippen LogP contribution in [0, 0.1) is 0 Å². The van der Waals surface area contributed by atoms with Gasteiger partial charge in [0.25, 0.3) is 0 Å². The molecule has 3 amide bonds. The molecule has 2 unspecified atom stereocenters. The number of hydrogen-bond donors (Lipinski definition) is 2. The van der Waals surface area contributed by atoms with Crippen molar-refractivity contribution in [2.24, 2.45) is 0 Å². The van der Waals surface area contributed by atoms with E-state index < -0.39 is 6.04 Å². The van der Waals surface area contributed by atoms with Crippen molar-refractivity contribution in [2.75, 3.05) is 6.54 Å². The number of carbonyl (C=O) groups is 3. The Bertz CT molecular complexity index is 393. The molecule has 2 N–H and O–H groups in total. The predicted molar refractivity (Wildman–Crippen MR) is 69.2 cm³/mol. The smallest absolute Gasteiger partial charge is 0.247 e. The third-order valence-electron chi connectivity index (χ3n) is 3.67. The minimum absolute atomic E-state index is 0.0768. The molecule has 2 atom stereocenters. The van der Waals surface area contributed by atoms with E-state index in [0.29, 0.717) is 6.04 Å². The van der Waals surface area contributed by atoms with Crippen molar-refractivity contribution >= 4 is 17.7 Å². The first-order valence-electron chi connectivity index (χ1n) is 6.91. The van der Waals surface area contributed by atoms with Gasteiger partial charge in [-0.2, -0.15) is 0 Å². The Hall–Kier alpha value is -1.43. The first-order chi connectivity index (χ1) is 9.02. The van der Waals surface area contributed by atoms with E-state index in [-0.39, 0.29) is 36.7 Å². The average molecular weight is 267 g/mol. The van der Waals surface area contributed by atoms with E-state index in [1.807, 2.05) is 13.8 Å². The number of nitrogens with zero attached hydrogens (tertiary/aromatic N) is 1. The largest absolute Gasteiger partial charge is 0.352 e. The Labute approximate surface area is 112 Å². The van der Waals surface area contributed by atoms with Crippen LogP contribution in [0.4, 0.5) is 0 Å². The Morgan fingerprint density at radius 2 is 2.11 bits per heavy atom. The second-order valence-electron chi connectivity index (χ2n) is 5.34. The maximum atomic E-state index is 12.1. The van der Waals surface area contributed by atoms with Crippen molar-refractivity contribution in [3.63, 3.8) is 0 Å². The lowest BCUT2D eigenvalue weighted by Crippen LogP contribution is -2.45. The molecule has 1 aliphatic carbocycles. The monoisotopic (exact) mass is 267 g/mol. The van der Waals surface area contributed by atoms with Gasteiger partial charge in [-0.15, -0.1) is 0 Å². The van der Waals surface area contributed by atoms with Crippen LogP contribution in [0.5, 0.6) is 0 Å². The molecule has 6 nitrogen and oxygen atoms in total. The van der Waals surface area contributed by atoms with Crippen molar-refractivity contribution in [1.29, 1.82) is 0 Å². The highest BCUT2D eigenvalue weighted by Gasteiger charge is 2.40. The molecule has 106 valence electrons. The molecule has 2 rings (SSSR count). The van der Waals surface area contributed by atoms with Gasteiger partial charge in [0, 0.05) is 12.1 Å². The maximum Gasteiger partial charge on any atom is 0.247 e. The predicted octanol–water partition coefficient (Wildman–Crippen LogP) is -0.219. The highest BCUT2D eigenvalue weighted by Crippen LogP contribution is 2.19. The molecule has 0 aromatic heterocycles. The zero-order chi connectivity index (χ0) is 14.0. The van der Waals surface area contributed by atoms with E-state index in [1.165, 1.54) is 4.90 Å². The van der Waals surface area contributed by atoms with Crippen molar-refractivity contribution in [1.82, 2.24) is 15.5 Å². The van der Waals surface area contributed by atoms with Gasteiger partial charge in [-0.25, -0.2) is 0 Å². The van der Waals surface area contributed by atoms with E-state index in [4.69, 9.17) is 0 Å². The summed E-state index contributed by atoms with van der Waals surface area (Å²) in [7, 11) is 0. The fraction of sp³-hybridized carbons (Fsp3) is 0.769. The maximum absolute atomic E-state index is 12.1. The molecule has 6 heteroatoms. The fourth-order valence-corrected chi connectivity index (χ4v) is 2.18. The van der Waals surface area contributed by atoms with E-state index in [0.717, 1.165) is 19.3 Å². The lowest BCUT2D eigenvalue weighted by molar-refractivity contribution is -0.141. The van der Waals surface area contributed by atoms with Crippen LogP contribution in [0.15, 0.2) is 0 Å². The van der Waals surface area contributed by atoms with Crippen LogP contribution in [0.2, 0.25) is 0 Å². The fourth-order valence-electron chi connectivity index (χ4n) is 2.18. The van der Waals surface area contributed by atoms with Gasteiger partial charge in [0.15, 0.2) is 0 Å². The summed E-state index contributed by atoms with van der Waals surface area (Å²) in [5.41, 5.74) is 0. The summed E-state index contributed by atoms with van der Waals surface area (Å²) in [6.07, 6.45) is 2.97. The summed E-state index contributed by atoms with van der Waals surface area (Å²) < 4.78 is 0. The molecule has 0 bridgehead atoms. The Balaban J connectivity index is 1.82. The van der Waals surface area contributed by atoms with Crippen LogP contribution in [-0.4, -0.2) is 47.3 Å². The third-order valence-corrected chi connectivity index (χ3v) is 3.67. The third kappa shape index (κ3) is 3.32. The van der Waals surface area contributed by atoms with Gasteiger partial charge in [-0.3, -0.25) is 24.6 Å². The Kier molecular flexibility index (Phi) is 4.19. The van der Waals surface area contributed by atoms with Crippen molar-refractivity contribution < 1.29 is 14.4 Å². The molecule has 1 heterocycles. The minimum atomic E-state index is -0.550. The van der Waals surface area contributed by atoms with Gasteiger partial charge in [0.05, 0.1) is 19.0 Å². The summed E-state index contributed by atoms with van der Waals surface area (Å²) in [5, 5.41) is 5.72. The molecule has 19 heavy (non-hydrogen) atoms. The Morgan fingerprint density at radius 3 is 2.68 bits per heavy atom. The Morgan fingerprint density at radius 1 is 1.42 bits per heavy atom. The van der Waals surface area contributed by atoms with Crippen molar-refractivity contribution in [3.8, 4) is 0 Å². The number of amides is 3. The van der Waals surface area contributed by atoms with E-state index >= 15 is 0 Å².